The molecule has 2 aliphatic rings. The smallest absolute Gasteiger partial charge is 0.255 e. The lowest BCUT2D eigenvalue weighted by Gasteiger charge is -2.36. The van der Waals surface area contributed by atoms with E-state index in [1.54, 1.807) is 18.2 Å². The van der Waals surface area contributed by atoms with Gasteiger partial charge in [-0.25, -0.2) is 0 Å². The third-order valence-electron chi connectivity index (χ3n) is 5.38. The lowest BCUT2D eigenvalue weighted by Crippen LogP contribution is -2.46. The van der Waals surface area contributed by atoms with Crippen LogP contribution in [0.15, 0.2) is 36.4 Å². The van der Waals surface area contributed by atoms with Crippen molar-refractivity contribution in [2.45, 2.75) is 13.3 Å². The summed E-state index contributed by atoms with van der Waals surface area (Å²) in [5.74, 6) is 1.09. The zero-order valence-electron chi connectivity index (χ0n) is 16.6. The molecule has 0 radical (unpaired) electrons. The van der Waals surface area contributed by atoms with Crippen LogP contribution in [0, 0.1) is 0 Å². The number of hydrogen-bond acceptors (Lipinski definition) is 5. The van der Waals surface area contributed by atoms with Crippen LogP contribution in [-0.2, 0) is 0 Å². The Morgan fingerprint density at radius 1 is 1.03 bits per heavy atom. The molecule has 0 bridgehead atoms. The third kappa shape index (κ3) is 4.60. The number of likely N-dealkylation sites (N-methyl/N-ethyl adjacent to an activating group) is 1. The number of carbonyl (C=O) groups excluding carboxylic acids is 1. The van der Waals surface area contributed by atoms with E-state index in [4.69, 9.17) is 21.1 Å². The van der Waals surface area contributed by atoms with Gasteiger partial charge in [0.15, 0.2) is 11.5 Å². The van der Waals surface area contributed by atoms with Gasteiger partial charge in [-0.3, -0.25) is 4.79 Å². The van der Waals surface area contributed by atoms with Crippen molar-refractivity contribution >= 4 is 28.9 Å². The van der Waals surface area contributed by atoms with Crippen molar-refractivity contribution in [3.8, 4) is 11.5 Å². The SMILES string of the molecule is CCN1CCN(c2ccc(Cl)cc2NC(=O)c2ccc3c(c2)OCCCO3)CC1. The average molecular weight is 416 g/mol. The molecule has 29 heavy (non-hydrogen) atoms. The summed E-state index contributed by atoms with van der Waals surface area (Å²) in [7, 11) is 0. The van der Waals surface area contributed by atoms with Gasteiger partial charge in [0.25, 0.3) is 5.91 Å². The normalized spacial score (nSPS) is 17.0. The molecule has 1 amide bonds. The number of nitrogens with one attached hydrogen (secondary N) is 1. The number of ether oxygens (including phenoxy) is 2. The Morgan fingerprint density at radius 3 is 2.55 bits per heavy atom. The van der Waals surface area contributed by atoms with Crippen LogP contribution in [-0.4, -0.2) is 56.7 Å². The van der Waals surface area contributed by atoms with E-state index >= 15 is 0 Å². The lowest BCUT2D eigenvalue weighted by molar-refractivity contribution is 0.102. The summed E-state index contributed by atoms with van der Waals surface area (Å²) in [6, 6.07) is 10.9. The van der Waals surface area contributed by atoms with Crippen LogP contribution < -0.4 is 19.7 Å². The molecular formula is C22H26ClN3O3. The molecule has 0 aromatic heterocycles. The summed E-state index contributed by atoms with van der Waals surface area (Å²) in [5, 5.41) is 3.63. The molecule has 6 nitrogen and oxygen atoms in total. The first-order valence-electron chi connectivity index (χ1n) is 10.1. The van der Waals surface area contributed by atoms with Crippen LogP contribution in [0.25, 0.3) is 0 Å². The first-order chi connectivity index (χ1) is 14.1. The maximum atomic E-state index is 13.0. The van der Waals surface area contributed by atoms with Gasteiger partial charge in [-0.2, -0.15) is 0 Å². The number of fused-ring (bicyclic) bond motifs is 1. The van der Waals surface area contributed by atoms with Crippen LogP contribution in [0.1, 0.15) is 23.7 Å². The van der Waals surface area contributed by atoms with Gasteiger partial charge in [-0.05, 0) is 42.9 Å². The predicted octanol–water partition coefficient (Wildman–Crippen LogP) is 3.90. The molecule has 1 N–H and O–H groups in total. The van der Waals surface area contributed by atoms with E-state index < -0.39 is 0 Å². The highest BCUT2D eigenvalue weighted by Gasteiger charge is 2.20. The number of rotatable bonds is 4. The molecule has 154 valence electrons. The van der Waals surface area contributed by atoms with E-state index in [1.807, 2.05) is 18.2 Å². The van der Waals surface area contributed by atoms with Gasteiger partial charge in [-0.1, -0.05) is 18.5 Å². The number of amides is 1. The third-order valence-corrected chi connectivity index (χ3v) is 5.61. The number of hydrogen-bond donors (Lipinski definition) is 1. The second kappa shape index (κ2) is 8.93. The fraction of sp³-hybridized carbons (Fsp3) is 0.409. The maximum Gasteiger partial charge on any atom is 0.255 e. The summed E-state index contributed by atoms with van der Waals surface area (Å²) in [6.07, 6.45) is 0.827. The summed E-state index contributed by atoms with van der Waals surface area (Å²) in [4.78, 5) is 17.7. The van der Waals surface area contributed by atoms with E-state index in [0.29, 0.717) is 35.3 Å². The van der Waals surface area contributed by atoms with Crippen LogP contribution >= 0.6 is 11.6 Å². The predicted molar refractivity (Wildman–Crippen MR) is 116 cm³/mol. The zero-order chi connectivity index (χ0) is 20.2. The van der Waals surface area contributed by atoms with E-state index in [-0.39, 0.29) is 5.91 Å². The Kier molecular flexibility index (Phi) is 6.11. The van der Waals surface area contributed by atoms with Crippen molar-refractivity contribution in [3.05, 3.63) is 47.0 Å². The minimum Gasteiger partial charge on any atom is -0.490 e. The largest absolute Gasteiger partial charge is 0.490 e. The summed E-state index contributed by atoms with van der Waals surface area (Å²) in [6.45, 7) is 8.30. The molecule has 1 fully saturated rings. The second-order valence-electron chi connectivity index (χ2n) is 7.25. The molecule has 4 rings (SSSR count). The summed E-state index contributed by atoms with van der Waals surface area (Å²) in [5.41, 5.74) is 2.24. The van der Waals surface area contributed by atoms with E-state index in [9.17, 15) is 4.79 Å². The van der Waals surface area contributed by atoms with Gasteiger partial charge >= 0.3 is 0 Å². The van der Waals surface area contributed by atoms with Gasteiger partial charge in [-0.15, -0.1) is 0 Å². The topological polar surface area (TPSA) is 54.0 Å². The van der Waals surface area contributed by atoms with Crippen molar-refractivity contribution < 1.29 is 14.3 Å². The summed E-state index contributed by atoms with van der Waals surface area (Å²) < 4.78 is 11.4. The van der Waals surface area contributed by atoms with E-state index in [2.05, 4.69) is 22.0 Å². The highest BCUT2D eigenvalue weighted by Crippen LogP contribution is 2.33. The minimum absolute atomic E-state index is 0.198. The maximum absolute atomic E-state index is 13.0. The molecule has 0 aliphatic carbocycles. The number of carbonyl (C=O) groups is 1. The lowest BCUT2D eigenvalue weighted by atomic mass is 10.1. The number of anilines is 2. The van der Waals surface area contributed by atoms with Gasteiger partial charge < -0.3 is 24.6 Å². The molecule has 7 heteroatoms. The zero-order valence-corrected chi connectivity index (χ0v) is 17.4. The van der Waals surface area contributed by atoms with Gasteiger partial charge in [0.1, 0.15) is 0 Å². The highest BCUT2D eigenvalue weighted by molar-refractivity contribution is 6.31. The van der Waals surface area contributed by atoms with Crippen molar-refractivity contribution in [1.29, 1.82) is 0 Å². The standard InChI is InChI=1S/C22H26ClN3O3/c1-2-25-8-10-26(11-9-25)19-6-5-17(23)15-18(19)24-22(27)16-4-7-20-21(14-16)29-13-3-12-28-20/h4-7,14-15H,2-3,8-13H2,1H3,(H,24,27). The fourth-order valence-corrected chi connectivity index (χ4v) is 3.86. The van der Waals surface area contributed by atoms with Crippen LogP contribution in [0.3, 0.4) is 0 Å². The Balaban J connectivity index is 1.54. The molecule has 0 spiro atoms. The number of piperazine rings is 1. The molecule has 0 saturated carbocycles. The number of halogens is 1. The number of benzene rings is 2. The first-order valence-corrected chi connectivity index (χ1v) is 10.5. The van der Waals surface area contributed by atoms with Gasteiger partial charge in [0, 0.05) is 43.2 Å². The molecule has 2 aliphatic heterocycles. The van der Waals surface area contributed by atoms with Crippen molar-refractivity contribution in [1.82, 2.24) is 4.90 Å². The Bertz CT molecular complexity index is 882. The molecule has 2 aromatic rings. The molecular weight excluding hydrogens is 390 g/mol. The van der Waals surface area contributed by atoms with Crippen LogP contribution in [0.4, 0.5) is 11.4 Å². The Morgan fingerprint density at radius 2 is 1.79 bits per heavy atom. The fourth-order valence-electron chi connectivity index (χ4n) is 3.69. The average Bonchev–Trinajstić information content (AvgIpc) is 2.99. The van der Waals surface area contributed by atoms with Crippen LogP contribution in [0.2, 0.25) is 5.02 Å². The number of nitrogens with zero attached hydrogens (tertiary/aromatic N) is 2. The van der Waals surface area contributed by atoms with E-state index in [0.717, 1.165) is 50.5 Å². The molecule has 1 saturated heterocycles. The van der Waals surface area contributed by atoms with Gasteiger partial charge in [0.05, 0.1) is 24.6 Å². The molecule has 2 heterocycles. The van der Waals surface area contributed by atoms with Crippen molar-refractivity contribution in [2.24, 2.45) is 0 Å². The molecule has 0 unspecified atom stereocenters. The molecule has 0 atom stereocenters. The van der Waals surface area contributed by atoms with Crippen molar-refractivity contribution in [3.63, 3.8) is 0 Å². The van der Waals surface area contributed by atoms with Crippen molar-refractivity contribution in [2.75, 3.05) is 56.2 Å². The Hall–Kier alpha value is -2.44. The van der Waals surface area contributed by atoms with E-state index in [1.165, 1.54) is 0 Å². The first kappa shape index (κ1) is 19.9. The Labute approximate surface area is 176 Å². The van der Waals surface area contributed by atoms with Crippen LogP contribution in [0.5, 0.6) is 11.5 Å². The molecule has 2 aromatic carbocycles. The van der Waals surface area contributed by atoms with Gasteiger partial charge in [0.2, 0.25) is 0 Å². The second-order valence-corrected chi connectivity index (χ2v) is 7.69. The summed E-state index contributed by atoms with van der Waals surface area (Å²) >= 11 is 6.23. The minimum atomic E-state index is -0.198. The quantitative estimate of drug-likeness (QED) is 0.820. The highest BCUT2D eigenvalue weighted by atomic mass is 35.5. The monoisotopic (exact) mass is 415 g/mol.